The van der Waals surface area contributed by atoms with E-state index in [1.165, 1.54) is 4.90 Å². The largest absolute Gasteiger partial charge is 0.482 e. The Hall–Kier alpha value is -1.79. The topological polar surface area (TPSA) is 84.7 Å². The molecule has 2 unspecified atom stereocenters. The van der Waals surface area contributed by atoms with Crippen LogP contribution in [0.2, 0.25) is 0 Å². The van der Waals surface area contributed by atoms with Crippen LogP contribution in [0.1, 0.15) is 24.8 Å². The van der Waals surface area contributed by atoms with Crippen LogP contribution in [0.15, 0.2) is 18.2 Å². The molecular weight excluding hydrogens is 330 g/mol. The number of benzene rings is 1. The summed E-state index contributed by atoms with van der Waals surface area (Å²) < 4.78 is 5.60. The van der Waals surface area contributed by atoms with Crippen LogP contribution in [0.25, 0.3) is 0 Å². The number of amides is 2. The maximum Gasteiger partial charge on any atom is 0.259 e. The zero-order chi connectivity index (χ0) is 17.0. The van der Waals surface area contributed by atoms with Gasteiger partial charge in [-0.1, -0.05) is 6.07 Å². The number of aryl methyl sites for hydroxylation is 1. The number of likely N-dealkylation sites (N-methyl/N-ethyl adjacent to an activating group) is 1. The number of hydrogen-bond donors (Lipinski definition) is 2. The van der Waals surface area contributed by atoms with Crippen molar-refractivity contribution >= 4 is 29.9 Å². The predicted molar refractivity (Wildman–Crippen MR) is 96.6 cm³/mol. The molecule has 24 heavy (non-hydrogen) atoms. The van der Waals surface area contributed by atoms with Gasteiger partial charge in [0.1, 0.15) is 5.75 Å². The number of nitrogens with one attached hydrogen (secondary N) is 1. The van der Waals surface area contributed by atoms with Crippen molar-refractivity contribution in [2.75, 3.05) is 26.0 Å². The summed E-state index contributed by atoms with van der Waals surface area (Å²) >= 11 is 0. The molecule has 134 valence electrons. The molecule has 0 aliphatic heterocycles. The molecule has 0 spiro atoms. The number of halogens is 1. The smallest absolute Gasteiger partial charge is 0.259 e. The first-order valence-electron chi connectivity index (χ1n) is 7.87. The standard InChI is InChI=1S/C17H25N3O3.ClH/c1-11-4-7-14(15(8-11)23-10-16(21)20(2)3)19-17(22)12-5-6-13(18)9-12;/h4,7-8,12-13H,5-6,9-10,18H2,1-3H3,(H,19,22);1H. The van der Waals surface area contributed by atoms with Gasteiger partial charge in [-0.15, -0.1) is 12.4 Å². The van der Waals surface area contributed by atoms with Crippen LogP contribution in [-0.4, -0.2) is 43.5 Å². The lowest BCUT2D eigenvalue weighted by Crippen LogP contribution is -2.28. The van der Waals surface area contributed by atoms with Gasteiger partial charge in [-0.3, -0.25) is 9.59 Å². The van der Waals surface area contributed by atoms with E-state index in [2.05, 4.69) is 5.32 Å². The van der Waals surface area contributed by atoms with E-state index in [1.807, 2.05) is 19.1 Å². The Bertz CT molecular complexity index is 592. The number of carbonyl (C=O) groups is 2. The lowest BCUT2D eigenvalue weighted by Gasteiger charge is -2.16. The molecule has 0 heterocycles. The Labute approximate surface area is 149 Å². The molecule has 3 N–H and O–H groups in total. The average molecular weight is 356 g/mol. The zero-order valence-corrected chi connectivity index (χ0v) is 15.2. The predicted octanol–water partition coefficient (Wildman–Crippen LogP) is 1.95. The highest BCUT2D eigenvalue weighted by molar-refractivity contribution is 5.94. The van der Waals surface area contributed by atoms with Gasteiger partial charge in [-0.2, -0.15) is 0 Å². The second kappa shape index (κ2) is 8.89. The molecule has 1 aromatic carbocycles. The first-order valence-corrected chi connectivity index (χ1v) is 7.87. The molecule has 1 aliphatic rings. The second-order valence-corrected chi connectivity index (χ2v) is 6.34. The molecule has 2 atom stereocenters. The Morgan fingerprint density at radius 1 is 1.33 bits per heavy atom. The van der Waals surface area contributed by atoms with Crippen LogP contribution in [0, 0.1) is 12.8 Å². The highest BCUT2D eigenvalue weighted by atomic mass is 35.5. The molecule has 1 saturated carbocycles. The summed E-state index contributed by atoms with van der Waals surface area (Å²) in [6, 6.07) is 5.63. The zero-order valence-electron chi connectivity index (χ0n) is 14.4. The fourth-order valence-electron chi connectivity index (χ4n) is 2.61. The van der Waals surface area contributed by atoms with Gasteiger partial charge in [0.25, 0.3) is 5.91 Å². The molecule has 1 fully saturated rings. The van der Waals surface area contributed by atoms with Crippen LogP contribution < -0.4 is 15.8 Å². The molecule has 0 radical (unpaired) electrons. The highest BCUT2D eigenvalue weighted by Crippen LogP contribution is 2.29. The fourth-order valence-corrected chi connectivity index (χ4v) is 2.61. The third-order valence-electron chi connectivity index (χ3n) is 4.09. The Morgan fingerprint density at radius 3 is 2.62 bits per heavy atom. The maximum absolute atomic E-state index is 12.3. The molecule has 2 rings (SSSR count). The monoisotopic (exact) mass is 355 g/mol. The van der Waals surface area contributed by atoms with Crippen molar-refractivity contribution in [1.29, 1.82) is 0 Å². The molecule has 1 aliphatic carbocycles. The van der Waals surface area contributed by atoms with Crippen molar-refractivity contribution in [3.05, 3.63) is 23.8 Å². The molecule has 2 amide bonds. The van der Waals surface area contributed by atoms with E-state index in [4.69, 9.17) is 10.5 Å². The Morgan fingerprint density at radius 2 is 2.04 bits per heavy atom. The van der Waals surface area contributed by atoms with Crippen molar-refractivity contribution in [2.45, 2.75) is 32.2 Å². The molecular formula is C17H26ClN3O3. The molecule has 0 saturated heterocycles. The Kier molecular flexibility index (Phi) is 7.51. The van der Waals surface area contributed by atoms with Gasteiger partial charge in [0.2, 0.25) is 5.91 Å². The normalized spacial score (nSPS) is 19.3. The molecule has 1 aromatic rings. The third-order valence-corrected chi connectivity index (χ3v) is 4.09. The van der Waals surface area contributed by atoms with Gasteiger partial charge in [-0.25, -0.2) is 0 Å². The fraction of sp³-hybridized carbons (Fsp3) is 0.529. The van der Waals surface area contributed by atoms with Crippen molar-refractivity contribution in [1.82, 2.24) is 4.90 Å². The number of ether oxygens (including phenoxy) is 1. The summed E-state index contributed by atoms with van der Waals surface area (Å²) in [5.41, 5.74) is 7.46. The third kappa shape index (κ3) is 5.39. The van der Waals surface area contributed by atoms with E-state index in [0.717, 1.165) is 18.4 Å². The van der Waals surface area contributed by atoms with Crippen molar-refractivity contribution in [3.8, 4) is 5.75 Å². The summed E-state index contributed by atoms with van der Waals surface area (Å²) in [6.45, 7) is 1.87. The number of rotatable bonds is 5. The lowest BCUT2D eigenvalue weighted by molar-refractivity contribution is -0.130. The highest BCUT2D eigenvalue weighted by Gasteiger charge is 2.28. The summed E-state index contributed by atoms with van der Waals surface area (Å²) in [5, 5.41) is 2.91. The summed E-state index contributed by atoms with van der Waals surface area (Å²) in [4.78, 5) is 25.5. The van der Waals surface area contributed by atoms with Crippen LogP contribution in [0.5, 0.6) is 5.75 Å². The summed E-state index contributed by atoms with van der Waals surface area (Å²) in [5.74, 6) is 0.287. The minimum absolute atomic E-state index is 0. The van der Waals surface area contributed by atoms with E-state index in [9.17, 15) is 9.59 Å². The number of anilines is 1. The van der Waals surface area contributed by atoms with Gasteiger partial charge in [0, 0.05) is 26.1 Å². The molecule has 7 heteroatoms. The van der Waals surface area contributed by atoms with Crippen LogP contribution >= 0.6 is 12.4 Å². The van der Waals surface area contributed by atoms with Gasteiger partial charge < -0.3 is 20.7 Å². The van der Waals surface area contributed by atoms with Crippen molar-refractivity contribution in [3.63, 3.8) is 0 Å². The first-order chi connectivity index (χ1) is 10.9. The van der Waals surface area contributed by atoms with Crippen LogP contribution in [-0.2, 0) is 9.59 Å². The SMILES string of the molecule is Cc1ccc(NC(=O)C2CCC(N)C2)c(OCC(=O)N(C)C)c1.Cl. The van der Waals surface area contributed by atoms with Crippen LogP contribution in [0.3, 0.4) is 0 Å². The molecule has 6 nitrogen and oxygen atoms in total. The summed E-state index contributed by atoms with van der Waals surface area (Å²) in [6.07, 6.45) is 2.41. The number of nitrogens with two attached hydrogens (primary N) is 1. The number of nitrogens with zero attached hydrogens (tertiary/aromatic N) is 1. The lowest BCUT2D eigenvalue weighted by atomic mass is 10.1. The van der Waals surface area contributed by atoms with Crippen molar-refractivity contribution in [2.24, 2.45) is 11.7 Å². The Balaban J connectivity index is 0.00000288. The van der Waals surface area contributed by atoms with Crippen molar-refractivity contribution < 1.29 is 14.3 Å². The first kappa shape index (κ1) is 20.3. The van der Waals surface area contributed by atoms with Gasteiger partial charge in [0.05, 0.1) is 5.69 Å². The van der Waals surface area contributed by atoms with Gasteiger partial charge in [0.15, 0.2) is 6.61 Å². The van der Waals surface area contributed by atoms with E-state index in [0.29, 0.717) is 17.9 Å². The summed E-state index contributed by atoms with van der Waals surface area (Å²) in [7, 11) is 3.35. The quantitative estimate of drug-likeness (QED) is 0.845. The maximum atomic E-state index is 12.3. The second-order valence-electron chi connectivity index (χ2n) is 6.34. The van der Waals surface area contributed by atoms with E-state index in [1.54, 1.807) is 20.2 Å². The van der Waals surface area contributed by atoms with Crippen LogP contribution in [0.4, 0.5) is 5.69 Å². The van der Waals surface area contributed by atoms with E-state index < -0.39 is 0 Å². The average Bonchev–Trinajstić information content (AvgIpc) is 2.93. The minimum atomic E-state index is -0.134. The van der Waals surface area contributed by atoms with Gasteiger partial charge >= 0.3 is 0 Å². The minimum Gasteiger partial charge on any atom is -0.482 e. The van der Waals surface area contributed by atoms with E-state index >= 15 is 0 Å². The van der Waals surface area contributed by atoms with Gasteiger partial charge in [-0.05, 0) is 43.9 Å². The number of hydrogen-bond acceptors (Lipinski definition) is 4. The molecule has 0 bridgehead atoms. The molecule has 0 aromatic heterocycles. The number of carbonyl (C=O) groups excluding carboxylic acids is 2. The van der Waals surface area contributed by atoms with E-state index in [-0.39, 0.29) is 42.8 Å².